The van der Waals surface area contributed by atoms with E-state index in [1.54, 1.807) is 0 Å². The average Bonchev–Trinajstić information content (AvgIpc) is 1.88. The maximum absolute atomic E-state index is 3.51. The number of halogens is 2. The molecule has 1 fully saturated rings. The molecule has 1 heterocycles. The normalized spacial score (nSPS) is 22.8. The molecule has 2 nitrogen and oxygen atoms in total. The van der Waals surface area contributed by atoms with E-state index in [1.165, 1.54) is 32.4 Å². The minimum atomic E-state index is 0. The summed E-state index contributed by atoms with van der Waals surface area (Å²) in [5.41, 5.74) is 0. The van der Waals surface area contributed by atoms with Crippen molar-refractivity contribution in [1.29, 1.82) is 0 Å². The predicted octanol–water partition coefficient (Wildman–Crippen LogP) is 1.53. The topological polar surface area (TPSA) is 15.3 Å². The lowest BCUT2D eigenvalue weighted by atomic mass is 10.1. The lowest BCUT2D eigenvalue weighted by Gasteiger charge is -2.25. The van der Waals surface area contributed by atoms with Gasteiger partial charge in [-0.05, 0) is 33.5 Å². The van der Waals surface area contributed by atoms with E-state index >= 15 is 0 Å². The van der Waals surface area contributed by atoms with Gasteiger partial charge >= 0.3 is 0 Å². The molecule has 1 saturated heterocycles. The summed E-state index contributed by atoms with van der Waals surface area (Å²) in [5.74, 6) is 0. The van der Waals surface area contributed by atoms with Gasteiger partial charge in [0, 0.05) is 12.6 Å². The van der Waals surface area contributed by atoms with Crippen molar-refractivity contribution in [3.63, 3.8) is 0 Å². The molecule has 1 aliphatic rings. The van der Waals surface area contributed by atoms with Crippen molar-refractivity contribution >= 4 is 24.8 Å². The molecule has 0 aromatic carbocycles. The molecule has 76 valence electrons. The first-order valence-electron chi connectivity index (χ1n) is 4.17. The van der Waals surface area contributed by atoms with E-state index in [2.05, 4.69) is 24.3 Å². The third-order valence-corrected chi connectivity index (χ3v) is 2.00. The van der Waals surface area contributed by atoms with E-state index < -0.39 is 0 Å². The molecule has 4 heteroatoms. The van der Waals surface area contributed by atoms with E-state index in [9.17, 15) is 0 Å². The number of hydrogen-bond donors (Lipinski definition) is 1. The van der Waals surface area contributed by atoms with Gasteiger partial charge in [-0.1, -0.05) is 6.42 Å². The summed E-state index contributed by atoms with van der Waals surface area (Å²) in [4.78, 5) is 2.25. The van der Waals surface area contributed by atoms with Crippen molar-refractivity contribution in [3.05, 3.63) is 0 Å². The van der Waals surface area contributed by atoms with Crippen LogP contribution in [0.2, 0.25) is 0 Å². The third kappa shape index (κ3) is 6.06. The summed E-state index contributed by atoms with van der Waals surface area (Å²) in [6.45, 7) is 2.42. The van der Waals surface area contributed by atoms with Crippen molar-refractivity contribution in [1.82, 2.24) is 10.2 Å². The summed E-state index contributed by atoms with van der Waals surface area (Å²) in [6.07, 6.45) is 4.13. The second kappa shape index (κ2) is 8.11. The lowest BCUT2D eigenvalue weighted by Crippen LogP contribution is -2.41. The van der Waals surface area contributed by atoms with Gasteiger partial charge in [0.25, 0.3) is 0 Å². The molecule has 0 amide bonds. The van der Waals surface area contributed by atoms with Gasteiger partial charge in [-0.3, -0.25) is 0 Å². The molecular weight excluding hydrogens is 195 g/mol. The smallest absolute Gasteiger partial charge is 0.0194 e. The first-order valence-corrected chi connectivity index (χ1v) is 4.17. The highest BCUT2D eigenvalue weighted by atomic mass is 35.5. The van der Waals surface area contributed by atoms with E-state index in [0.717, 1.165) is 6.04 Å². The van der Waals surface area contributed by atoms with E-state index in [0.29, 0.717) is 0 Å². The number of hydrogen-bond acceptors (Lipinski definition) is 2. The van der Waals surface area contributed by atoms with Gasteiger partial charge in [0.2, 0.25) is 0 Å². The SMILES string of the molecule is CN(C)C[C@@H]1CCCCN1.Cl.Cl. The largest absolute Gasteiger partial charge is 0.313 e. The van der Waals surface area contributed by atoms with Crippen LogP contribution >= 0.6 is 24.8 Å². The second-order valence-corrected chi connectivity index (χ2v) is 3.41. The fourth-order valence-electron chi connectivity index (χ4n) is 1.52. The van der Waals surface area contributed by atoms with Crippen LogP contribution < -0.4 is 5.32 Å². The summed E-state index contributed by atoms with van der Waals surface area (Å²) in [5, 5.41) is 3.51. The fraction of sp³-hybridized carbons (Fsp3) is 1.00. The van der Waals surface area contributed by atoms with Crippen LogP contribution in [0.5, 0.6) is 0 Å². The highest BCUT2D eigenvalue weighted by Gasteiger charge is 2.11. The van der Waals surface area contributed by atoms with Crippen LogP contribution in [0, 0.1) is 0 Å². The zero-order valence-electron chi connectivity index (χ0n) is 7.88. The molecule has 1 aliphatic heterocycles. The number of piperidine rings is 1. The quantitative estimate of drug-likeness (QED) is 0.751. The van der Waals surface area contributed by atoms with Crippen LogP contribution in [0.1, 0.15) is 19.3 Å². The van der Waals surface area contributed by atoms with Crippen LogP contribution in [-0.4, -0.2) is 38.1 Å². The second-order valence-electron chi connectivity index (χ2n) is 3.41. The van der Waals surface area contributed by atoms with Gasteiger partial charge in [0.05, 0.1) is 0 Å². The molecule has 0 spiro atoms. The lowest BCUT2D eigenvalue weighted by molar-refractivity contribution is 0.298. The summed E-state index contributed by atoms with van der Waals surface area (Å²) >= 11 is 0. The molecule has 1 atom stereocenters. The summed E-state index contributed by atoms with van der Waals surface area (Å²) in [7, 11) is 4.27. The zero-order valence-corrected chi connectivity index (χ0v) is 9.51. The van der Waals surface area contributed by atoms with E-state index in [4.69, 9.17) is 0 Å². The molecular formula is C8H20Cl2N2. The van der Waals surface area contributed by atoms with Gasteiger partial charge in [0.15, 0.2) is 0 Å². The first-order chi connectivity index (χ1) is 4.79. The van der Waals surface area contributed by atoms with Crippen LogP contribution in [0.15, 0.2) is 0 Å². The van der Waals surface area contributed by atoms with Crippen LogP contribution in [0.25, 0.3) is 0 Å². The fourth-order valence-corrected chi connectivity index (χ4v) is 1.52. The van der Waals surface area contributed by atoms with E-state index in [-0.39, 0.29) is 24.8 Å². The van der Waals surface area contributed by atoms with Gasteiger partial charge < -0.3 is 10.2 Å². The van der Waals surface area contributed by atoms with Crippen molar-refractivity contribution in [2.45, 2.75) is 25.3 Å². The van der Waals surface area contributed by atoms with Crippen molar-refractivity contribution in [2.75, 3.05) is 27.2 Å². The highest BCUT2D eigenvalue weighted by molar-refractivity contribution is 5.85. The number of likely N-dealkylation sites (N-methyl/N-ethyl adjacent to an activating group) is 1. The van der Waals surface area contributed by atoms with E-state index in [1.807, 2.05) is 0 Å². The Labute approximate surface area is 87.9 Å². The van der Waals surface area contributed by atoms with Crippen LogP contribution in [0.4, 0.5) is 0 Å². The van der Waals surface area contributed by atoms with Gasteiger partial charge in [0.1, 0.15) is 0 Å². The molecule has 0 saturated carbocycles. The Bertz CT molecular complexity index is 93.1. The Kier molecular flexibility index (Phi) is 10.1. The minimum Gasteiger partial charge on any atom is -0.313 e. The van der Waals surface area contributed by atoms with Crippen LogP contribution in [-0.2, 0) is 0 Å². The molecule has 0 radical (unpaired) electrons. The monoisotopic (exact) mass is 214 g/mol. The molecule has 12 heavy (non-hydrogen) atoms. The standard InChI is InChI=1S/C8H18N2.2ClH/c1-10(2)7-8-5-3-4-6-9-8;;/h8-9H,3-7H2,1-2H3;2*1H/t8-;;/m0../s1. The Morgan fingerprint density at radius 1 is 1.25 bits per heavy atom. The summed E-state index contributed by atoms with van der Waals surface area (Å²) < 4.78 is 0. The maximum atomic E-state index is 3.51. The maximum Gasteiger partial charge on any atom is 0.0194 e. The molecule has 0 aliphatic carbocycles. The predicted molar refractivity (Wildman–Crippen MR) is 58.7 cm³/mol. The molecule has 1 rings (SSSR count). The Morgan fingerprint density at radius 2 is 1.92 bits per heavy atom. The summed E-state index contributed by atoms with van der Waals surface area (Å²) in [6, 6.07) is 0.753. The Balaban J connectivity index is 0. The first kappa shape index (κ1) is 15.0. The van der Waals surface area contributed by atoms with Crippen molar-refractivity contribution < 1.29 is 0 Å². The molecule has 0 aromatic rings. The van der Waals surface area contributed by atoms with Crippen LogP contribution in [0.3, 0.4) is 0 Å². The molecule has 0 bridgehead atoms. The van der Waals surface area contributed by atoms with Gasteiger partial charge in [-0.2, -0.15) is 0 Å². The number of nitrogens with zero attached hydrogens (tertiary/aromatic N) is 1. The number of nitrogens with one attached hydrogen (secondary N) is 1. The van der Waals surface area contributed by atoms with Gasteiger partial charge in [-0.15, -0.1) is 24.8 Å². The molecule has 1 N–H and O–H groups in total. The van der Waals surface area contributed by atoms with Gasteiger partial charge in [-0.25, -0.2) is 0 Å². The highest BCUT2D eigenvalue weighted by Crippen LogP contribution is 2.06. The zero-order chi connectivity index (χ0) is 7.40. The Hall–Kier alpha value is 0.500. The molecule has 0 unspecified atom stereocenters. The average molecular weight is 215 g/mol. The molecule has 0 aromatic heterocycles. The number of rotatable bonds is 2. The third-order valence-electron chi connectivity index (χ3n) is 2.00. The van der Waals surface area contributed by atoms with Crippen molar-refractivity contribution in [3.8, 4) is 0 Å². The minimum absolute atomic E-state index is 0. The van der Waals surface area contributed by atoms with Crippen molar-refractivity contribution in [2.24, 2.45) is 0 Å². The Morgan fingerprint density at radius 3 is 2.33 bits per heavy atom.